The third kappa shape index (κ3) is 3.57. The summed E-state index contributed by atoms with van der Waals surface area (Å²) in [5, 5.41) is 0. The van der Waals surface area contributed by atoms with E-state index in [0.717, 1.165) is 6.54 Å². The molecule has 0 saturated carbocycles. The SMILES string of the molecule is CCOC(=O)c1cccc(CN2CCCCC2)c1. The summed E-state index contributed by atoms with van der Waals surface area (Å²) in [6.07, 6.45) is 3.93. The van der Waals surface area contributed by atoms with Crippen molar-refractivity contribution in [3.8, 4) is 0 Å². The van der Waals surface area contributed by atoms with Gasteiger partial charge in [0.25, 0.3) is 0 Å². The number of piperidine rings is 1. The molecule has 0 aromatic heterocycles. The number of hydrogen-bond acceptors (Lipinski definition) is 3. The Balaban J connectivity index is 2.00. The van der Waals surface area contributed by atoms with Gasteiger partial charge >= 0.3 is 5.97 Å². The molecular weight excluding hydrogens is 226 g/mol. The zero-order valence-corrected chi connectivity index (χ0v) is 11.0. The molecule has 1 fully saturated rings. The van der Waals surface area contributed by atoms with Crippen LogP contribution in [-0.2, 0) is 11.3 Å². The number of nitrogens with zero attached hydrogens (tertiary/aromatic N) is 1. The Morgan fingerprint density at radius 3 is 2.78 bits per heavy atom. The molecule has 98 valence electrons. The molecule has 0 amide bonds. The van der Waals surface area contributed by atoms with Gasteiger partial charge in [0.1, 0.15) is 0 Å². The predicted octanol–water partition coefficient (Wildman–Crippen LogP) is 2.85. The lowest BCUT2D eigenvalue weighted by Crippen LogP contribution is -2.29. The second-order valence-electron chi connectivity index (χ2n) is 4.76. The monoisotopic (exact) mass is 247 g/mol. The molecular formula is C15H21NO2. The van der Waals surface area contributed by atoms with E-state index in [-0.39, 0.29) is 5.97 Å². The third-order valence-corrected chi connectivity index (χ3v) is 3.29. The summed E-state index contributed by atoms with van der Waals surface area (Å²) < 4.78 is 5.02. The Bertz CT molecular complexity index is 397. The average molecular weight is 247 g/mol. The number of benzene rings is 1. The molecule has 3 heteroatoms. The molecule has 0 unspecified atom stereocenters. The molecule has 0 radical (unpaired) electrons. The van der Waals surface area contributed by atoms with Crippen LogP contribution >= 0.6 is 0 Å². The molecule has 18 heavy (non-hydrogen) atoms. The highest BCUT2D eigenvalue weighted by molar-refractivity contribution is 5.89. The minimum Gasteiger partial charge on any atom is -0.462 e. The third-order valence-electron chi connectivity index (χ3n) is 3.29. The molecule has 0 N–H and O–H groups in total. The zero-order valence-electron chi connectivity index (χ0n) is 11.0. The largest absolute Gasteiger partial charge is 0.462 e. The van der Waals surface area contributed by atoms with Crippen LogP contribution in [-0.4, -0.2) is 30.6 Å². The second kappa shape index (κ2) is 6.55. The van der Waals surface area contributed by atoms with Crippen LogP contribution in [0, 0.1) is 0 Å². The number of likely N-dealkylation sites (tertiary alicyclic amines) is 1. The minimum absolute atomic E-state index is 0.224. The van der Waals surface area contributed by atoms with Crippen molar-refractivity contribution in [2.45, 2.75) is 32.7 Å². The van der Waals surface area contributed by atoms with Gasteiger partial charge in [-0.15, -0.1) is 0 Å². The Hall–Kier alpha value is -1.35. The highest BCUT2D eigenvalue weighted by Crippen LogP contribution is 2.14. The van der Waals surface area contributed by atoms with E-state index in [1.54, 1.807) is 0 Å². The van der Waals surface area contributed by atoms with Crippen LogP contribution in [0.4, 0.5) is 0 Å². The smallest absolute Gasteiger partial charge is 0.338 e. The van der Waals surface area contributed by atoms with Gasteiger partial charge in [0.15, 0.2) is 0 Å². The van der Waals surface area contributed by atoms with Crippen molar-refractivity contribution in [1.29, 1.82) is 0 Å². The van der Waals surface area contributed by atoms with Gasteiger partial charge in [0, 0.05) is 6.54 Å². The Morgan fingerprint density at radius 2 is 2.06 bits per heavy atom. The first-order chi connectivity index (χ1) is 8.79. The van der Waals surface area contributed by atoms with E-state index in [9.17, 15) is 4.79 Å². The Kier molecular flexibility index (Phi) is 4.76. The van der Waals surface area contributed by atoms with Crippen molar-refractivity contribution in [3.05, 3.63) is 35.4 Å². The molecule has 1 aromatic rings. The summed E-state index contributed by atoms with van der Waals surface area (Å²) in [7, 11) is 0. The van der Waals surface area contributed by atoms with Gasteiger partial charge in [-0.1, -0.05) is 18.6 Å². The van der Waals surface area contributed by atoms with Crippen molar-refractivity contribution in [2.24, 2.45) is 0 Å². The molecule has 0 bridgehead atoms. The van der Waals surface area contributed by atoms with Gasteiger partial charge in [0.05, 0.1) is 12.2 Å². The van der Waals surface area contributed by atoms with Crippen LogP contribution < -0.4 is 0 Å². The first kappa shape index (κ1) is 13.1. The van der Waals surface area contributed by atoms with Gasteiger partial charge in [-0.25, -0.2) is 4.79 Å². The lowest BCUT2D eigenvalue weighted by molar-refractivity contribution is 0.0526. The van der Waals surface area contributed by atoms with Crippen molar-refractivity contribution in [2.75, 3.05) is 19.7 Å². The lowest BCUT2D eigenvalue weighted by Gasteiger charge is -2.26. The van der Waals surface area contributed by atoms with Crippen molar-refractivity contribution >= 4 is 5.97 Å². The van der Waals surface area contributed by atoms with Crippen LogP contribution in [0.5, 0.6) is 0 Å². The maximum absolute atomic E-state index is 11.7. The number of carbonyl (C=O) groups excluding carboxylic acids is 1. The molecule has 0 spiro atoms. The van der Waals surface area contributed by atoms with E-state index in [1.807, 2.05) is 25.1 Å². The average Bonchev–Trinajstić information content (AvgIpc) is 2.40. The number of carbonyl (C=O) groups is 1. The zero-order chi connectivity index (χ0) is 12.8. The molecule has 1 aromatic carbocycles. The molecule has 1 aliphatic rings. The van der Waals surface area contributed by atoms with Crippen LogP contribution in [0.3, 0.4) is 0 Å². The summed E-state index contributed by atoms with van der Waals surface area (Å²) in [4.78, 5) is 14.1. The summed E-state index contributed by atoms with van der Waals surface area (Å²) in [6, 6.07) is 7.78. The van der Waals surface area contributed by atoms with Gasteiger partial charge in [-0.05, 0) is 50.6 Å². The van der Waals surface area contributed by atoms with E-state index in [2.05, 4.69) is 11.0 Å². The van der Waals surface area contributed by atoms with Crippen LogP contribution in [0.2, 0.25) is 0 Å². The first-order valence-electron chi connectivity index (χ1n) is 6.78. The van der Waals surface area contributed by atoms with Gasteiger partial charge in [-0.2, -0.15) is 0 Å². The highest BCUT2D eigenvalue weighted by Gasteiger charge is 2.12. The number of esters is 1. The van der Waals surface area contributed by atoms with Crippen molar-refractivity contribution in [1.82, 2.24) is 4.90 Å². The molecule has 1 aliphatic heterocycles. The molecule has 3 nitrogen and oxygen atoms in total. The summed E-state index contributed by atoms with van der Waals surface area (Å²) in [5.74, 6) is -0.224. The van der Waals surface area contributed by atoms with Crippen LogP contribution in [0.1, 0.15) is 42.1 Å². The van der Waals surface area contributed by atoms with E-state index in [4.69, 9.17) is 4.74 Å². The number of rotatable bonds is 4. The van der Waals surface area contributed by atoms with E-state index in [1.165, 1.54) is 37.9 Å². The van der Waals surface area contributed by atoms with Gasteiger partial charge in [0.2, 0.25) is 0 Å². The standard InChI is InChI=1S/C15H21NO2/c1-2-18-15(17)14-8-6-7-13(11-14)12-16-9-4-3-5-10-16/h6-8,11H,2-5,9-10,12H2,1H3. The maximum Gasteiger partial charge on any atom is 0.338 e. The first-order valence-corrected chi connectivity index (χ1v) is 6.78. The predicted molar refractivity (Wildman–Crippen MR) is 71.5 cm³/mol. The summed E-state index contributed by atoms with van der Waals surface area (Å²) in [6.45, 7) is 5.53. The summed E-state index contributed by atoms with van der Waals surface area (Å²) in [5.41, 5.74) is 1.86. The molecule has 2 rings (SSSR count). The fourth-order valence-corrected chi connectivity index (χ4v) is 2.39. The number of hydrogen-bond donors (Lipinski definition) is 0. The lowest BCUT2D eigenvalue weighted by atomic mass is 10.1. The minimum atomic E-state index is -0.224. The normalized spacial score (nSPS) is 16.5. The second-order valence-corrected chi connectivity index (χ2v) is 4.76. The Labute approximate surface area is 109 Å². The molecule has 0 aliphatic carbocycles. The number of ether oxygens (including phenoxy) is 1. The van der Waals surface area contributed by atoms with Gasteiger partial charge < -0.3 is 4.74 Å². The summed E-state index contributed by atoms with van der Waals surface area (Å²) >= 11 is 0. The quantitative estimate of drug-likeness (QED) is 0.766. The molecule has 0 atom stereocenters. The van der Waals surface area contributed by atoms with Gasteiger partial charge in [-0.3, -0.25) is 4.90 Å². The molecule has 1 heterocycles. The van der Waals surface area contributed by atoms with E-state index < -0.39 is 0 Å². The van der Waals surface area contributed by atoms with E-state index in [0.29, 0.717) is 12.2 Å². The van der Waals surface area contributed by atoms with Crippen molar-refractivity contribution in [3.63, 3.8) is 0 Å². The highest BCUT2D eigenvalue weighted by atomic mass is 16.5. The topological polar surface area (TPSA) is 29.5 Å². The van der Waals surface area contributed by atoms with Crippen LogP contribution in [0.15, 0.2) is 24.3 Å². The fraction of sp³-hybridized carbons (Fsp3) is 0.533. The van der Waals surface area contributed by atoms with Crippen molar-refractivity contribution < 1.29 is 9.53 Å². The molecule has 1 saturated heterocycles. The van der Waals surface area contributed by atoms with Crippen LogP contribution in [0.25, 0.3) is 0 Å². The van der Waals surface area contributed by atoms with E-state index >= 15 is 0 Å². The fourth-order valence-electron chi connectivity index (χ4n) is 2.39. The maximum atomic E-state index is 11.7. The Morgan fingerprint density at radius 1 is 1.28 bits per heavy atom.